The fourth-order valence-corrected chi connectivity index (χ4v) is 1.88. The highest BCUT2D eigenvalue weighted by Crippen LogP contribution is 2.20. The highest BCUT2D eigenvalue weighted by Gasteiger charge is 2.01. The molecule has 0 bridgehead atoms. The summed E-state index contributed by atoms with van der Waals surface area (Å²) in [4.78, 5) is 0. The fourth-order valence-electron chi connectivity index (χ4n) is 1.88. The summed E-state index contributed by atoms with van der Waals surface area (Å²) < 4.78 is 5.15. The van der Waals surface area contributed by atoms with Crippen molar-refractivity contribution in [1.82, 2.24) is 0 Å². The lowest BCUT2D eigenvalue weighted by atomic mass is 9.99. The van der Waals surface area contributed by atoms with Crippen LogP contribution in [-0.4, -0.2) is 7.11 Å². The van der Waals surface area contributed by atoms with Crippen LogP contribution in [0.15, 0.2) is 55.1 Å². The minimum atomic E-state index is 0.868. The van der Waals surface area contributed by atoms with Crippen molar-refractivity contribution in [3.05, 3.63) is 71.8 Å². The van der Waals surface area contributed by atoms with Crippen molar-refractivity contribution in [2.45, 2.75) is 13.3 Å². The Balaban J connectivity index is 2.08. The molecule has 0 saturated carbocycles. The summed E-state index contributed by atoms with van der Waals surface area (Å²) in [6, 6.07) is 16.6. The molecule has 0 aliphatic heterocycles. The van der Waals surface area contributed by atoms with Gasteiger partial charge in [0.15, 0.2) is 0 Å². The van der Waals surface area contributed by atoms with Crippen LogP contribution in [0.5, 0.6) is 5.75 Å². The molecule has 2 aromatic rings. The van der Waals surface area contributed by atoms with E-state index < -0.39 is 0 Å². The van der Waals surface area contributed by atoms with Crippen LogP contribution in [0.3, 0.4) is 0 Å². The third kappa shape index (κ3) is 3.01. The van der Waals surface area contributed by atoms with Crippen LogP contribution in [0.4, 0.5) is 0 Å². The van der Waals surface area contributed by atoms with Crippen molar-refractivity contribution < 1.29 is 4.74 Å². The van der Waals surface area contributed by atoms with Gasteiger partial charge in [-0.25, -0.2) is 0 Å². The predicted molar refractivity (Wildman–Crippen MR) is 76.9 cm³/mol. The van der Waals surface area contributed by atoms with Gasteiger partial charge in [0.05, 0.1) is 7.11 Å². The van der Waals surface area contributed by atoms with Gasteiger partial charge >= 0.3 is 0 Å². The second-order valence-corrected chi connectivity index (χ2v) is 4.49. The highest BCUT2D eigenvalue weighted by molar-refractivity contribution is 5.65. The van der Waals surface area contributed by atoms with E-state index in [2.05, 4.69) is 49.9 Å². The third-order valence-electron chi connectivity index (χ3n) is 3.04. The van der Waals surface area contributed by atoms with Crippen LogP contribution in [0, 0.1) is 6.92 Å². The molecule has 0 unspecified atom stereocenters. The Morgan fingerprint density at radius 1 is 1.00 bits per heavy atom. The second-order valence-electron chi connectivity index (χ2n) is 4.49. The summed E-state index contributed by atoms with van der Waals surface area (Å²) in [6.45, 7) is 6.25. The van der Waals surface area contributed by atoms with Crippen LogP contribution in [0.1, 0.15) is 16.7 Å². The number of hydrogen-bond acceptors (Lipinski definition) is 1. The molecule has 0 saturated heterocycles. The topological polar surface area (TPSA) is 9.23 Å². The maximum atomic E-state index is 5.15. The number of rotatable bonds is 4. The van der Waals surface area contributed by atoms with Gasteiger partial charge in [0.1, 0.15) is 5.75 Å². The number of methoxy groups -OCH3 is 1. The predicted octanol–water partition coefficient (Wildman–Crippen LogP) is 4.26. The summed E-state index contributed by atoms with van der Waals surface area (Å²) in [5.41, 5.74) is 4.87. The molecule has 0 N–H and O–H groups in total. The minimum absolute atomic E-state index is 0.868. The zero-order valence-corrected chi connectivity index (χ0v) is 10.9. The monoisotopic (exact) mass is 238 g/mol. The van der Waals surface area contributed by atoms with Gasteiger partial charge < -0.3 is 4.74 Å². The van der Waals surface area contributed by atoms with Gasteiger partial charge in [-0.3, -0.25) is 0 Å². The molecule has 92 valence electrons. The van der Waals surface area contributed by atoms with Crippen molar-refractivity contribution >= 4 is 5.57 Å². The molecule has 2 rings (SSSR count). The molecule has 0 spiro atoms. The first kappa shape index (κ1) is 12.4. The standard InChI is InChI=1S/C17H18O/c1-13-4-8-16(9-5-13)14(2)12-15-6-10-17(18-3)11-7-15/h4-11H,2,12H2,1,3H3. The van der Waals surface area contributed by atoms with Crippen LogP contribution in [0.25, 0.3) is 5.57 Å². The molecule has 0 heterocycles. The quantitative estimate of drug-likeness (QED) is 0.773. The summed E-state index contributed by atoms with van der Waals surface area (Å²) in [7, 11) is 1.68. The Morgan fingerprint density at radius 2 is 1.61 bits per heavy atom. The van der Waals surface area contributed by atoms with Crippen LogP contribution < -0.4 is 4.74 Å². The Bertz CT molecular complexity index is 521. The minimum Gasteiger partial charge on any atom is -0.497 e. The van der Waals surface area contributed by atoms with Crippen molar-refractivity contribution in [1.29, 1.82) is 0 Å². The average molecular weight is 238 g/mol. The van der Waals surface area contributed by atoms with Gasteiger partial charge in [0.2, 0.25) is 0 Å². The highest BCUT2D eigenvalue weighted by atomic mass is 16.5. The zero-order chi connectivity index (χ0) is 13.0. The van der Waals surface area contributed by atoms with Crippen molar-refractivity contribution in [3.63, 3.8) is 0 Å². The van der Waals surface area contributed by atoms with E-state index in [9.17, 15) is 0 Å². The fraction of sp³-hybridized carbons (Fsp3) is 0.176. The van der Waals surface area contributed by atoms with Gasteiger partial charge in [0, 0.05) is 0 Å². The molecule has 0 atom stereocenters. The first-order chi connectivity index (χ1) is 8.69. The van der Waals surface area contributed by atoms with E-state index in [-0.39, 0.29) is 0 Å². The molecule has 1 nitrogen and oxygen atoms in total. The first-order valence-corrected chi connectivity index (χ1v) is 6.07. The van der Waals surface area contributed by atoms with Gasteiger partial charge in [-0.15, -0.1) is 0 Å². The Morgan fingerprint density at radius 3 is 2.17 bits per heavy atom. The van der Waals surface area contributed by atoms with E-state index in [0.29, 0.717) is 0 Å². The summed E-state index contributed by atoms with van der Waals surface area (Å²) >= 11 is 0. The number of allylic oxidation sites excluding steroid dienone is 1. The van der Waals surface area contributed by atoms with E-state index in [1.165, 1.54) is 16.7 Å². The van der Waals surface area contributed by atoms with Gasteiger partial charge in [-0.2, -0.15) is 0 Å². The van der Waals surface area contributed by atoms with E-state index in [0.717, 1.165) is 17.7 Å². The van der Waals surface area contributed by atoms with Crippen LogP contribution in [-0.2, 0) is 6.42 Å². The lowest BCUT2D eigenvalue weighted by molar-refractivity contribution is 0.414. The molecule has 0 amide bonds. The maximum Gasteiger partial charge on any atom is 0.118 e. The van der Waals surface area contributed by atoms with Crippen LogP contribution >= 0.6 is 0 Å². The van der Waals surface area contributed by atoms with Gasteiger partial charge in [-0.1, -0.05) is 48.5 Å². The average Bonchev–Trinajstić information content (AvgIpc) is 2.40. The third-order valence-corrected chi connectivity index (χ3v) is 3.04. The largest absolute Gasteiger partial charge is 0.497 e. The Hall–Kier alpha value is -2.02. The second kappa shape index (κ2) is 5.54. The summed E-state index contributed by atoms with van der Waals surface area (Å²) in [6.07, 6.45) is 0.868. The smallest absolute Gasteiger partial charge is 0.118 e. The molecule has 18 heavy (non-hydrogen) atoms. The SMILES string of the molecule is C=C(Cc1ccc(OC)cc1)c1ccc(C)cc1. The van der Waals surface area contributed by atoms with Crippen LogP contribution in [0.2, 0.25) is 0 Å². The lowest BCUT2D eigenvalue weighted by Gasteiger charge is -2.07. The molecule has 0 radical (unpaired) electrons. The van der Waals surface area contributed by atoms with Gasteiger partial charge in [-0.05, 0) is 42.2 Å². The summed E-state index contributed by atoms with van der Waals surface area (Å²) in [5.74, 6) is 0.889. The number of hydrogen-bond donors (Lipinski definition) is 0. The number of ether oxygens (including phenoxy) is 1. The van der Waals surface area contributed by atoms with Crippen molar-refractivity contribution in [2.75, 3.05) is 7.11 Å². The Kier molecular flexibility index (Phi) is 3.83. The molecule has 0 fully saturated rings. The molecule has 1 heteroatoms. The molecular weight excluding hydrogens is 220 g/mol. The van der Waals surface area contributed by atoms with E-state index in [1.807, 2.05) is 12.1 Å². The molecule has 0 aliphatic rings. The number of aryl methyl sites for hydroxylation is 1. The number of benzene rings is 2. The maximum absolute atomic E-state index is 5.15. The van der Waals surface area contributed by atoms with Crippen molar-refractivity contribution in [3.8, 4) is 5.75 Å². The van der Waals surface area contributed by atoms with E-state index in [4.69, 9.17) is 4.74 Å². The van der Waals surface area contributed by atoms with Crippen molar-refractivity contribution in [2.24, 2.45) is 0 Å². The molecular formula is C17H18O. The lowest BCUT2D eigenvalue weighted by Crippen LogP contribution is -1.90. The van der Waals surface area contributed by atoms with E-state index in [1.54, 1.807) is 7.11 Å². The molecule has 2 aromatic carbocycles. The first-order valence-electron chi connectivity index (χ1n) is 6.07. The normalized spacial score (nSPS) is 10.1. The van der Waals surface area contributed by atoms with Gasteiger partial charge in [0.25, 0.3) is 0 Å². The Labute approximate surface area is 109 Å². The van der Waals surface area contributed by atoms with E-state index >= 15 is 0 Å². The molecule has 0 aliphatic carbocycles. The molecule has 0 aromatic heterocycles. The summed E-state index contributed by atoms with van der Waals surface area (Å²) in [5, 5.41) is 0. The zero-order valence-electron chi connectivity index (χ0n) is 10.9.